The van der Waals surface area contributed by atoms with E-state index in [-0.39, 0.29) is 5.11 Å². The van der Waals surface area contributed by atoms with Gasteiger partial charge in [-0.15, -0.1) is 10.2 Å². The van der Waals surface area contributed by atoms with E-state index in [2.05, 4.69) is 39.9 Å². The van der Waals surface area contributed by atoms with Gasteiger partial charge in [-0.1, -0.05) is 48.7 Å². The number of aryl methyl sites for hydroxylation is 2. The van der Waals surface area contributed by atoms with Gasteiger partial charge in [-0.05, 0) is 104 Å². The van der Waals surface area contributed by atoms with Crippen LogP contribution in [0.25, 0.3) is 34.1 Å². The number of thiocarbonyl (C=S) groups is 1. The Bertz CT molecular complexity index is 1760. The molecule has 208 valence electrons. The molecule has 0 atom stereocenters. The summed E-state index contributed by atoms with van der Waals surface area (Å²) in [5.41, 5.74) is 6.01. The number of furan rings is 1. The fraction of sp³-hybridized carbons (Fsp3) is 0.161. The average molecular weight is 605 g/mol. The minimum atomic E-state index is -0.406. The Morgan fingerprint density at radius 1 is 1.02 bits per heavy atom. The van der Waals surface area contributed by atoms with E-state index in [1.165, 1.54) is 24.5 Å². The standard InChI is InChI=1S/C31H27Cl2N5O2S/c1-3-4-5-20-6-9-22(10-7-20)38-36-27-16-19(2)26(18-28(27)37-38)34-31(41)35-30(39)15-12-23-11-14-29(40-23)24-13-8-21(32)17-25(24)33/h6-18H,3-5H2,1-2H3,(H2,34,35,39,41)/b15-12+. The maximum absolute atomic E-state index is 12.5. The van der Waals surface area contributed by atoms with E-state index in [1.54, 1.807) is 41.2 Å². The first kappa shape index (κ1) is 28.5. The molecule has 0 saturated heterocycles. The van der Waals surface area contributed by atoms with Crippen molar-refractivity contribution in [2.24, 2.45) is 0 Å². The number of aromatic nitrogens is 3. The quantitative estimate of drug-likeness (QED) is 0.137. The number of benzene rings is 3. The van der Waals surface area contributed by atoms with Crippen molar-refractivity contribution in [2.45, 2.75) is 33.1 Å². The van der Waals surface area contributed by atoms with Crippen LogP contribution in [0.15, 0.2) is 77.2 Å². The van der Waals surface area contributed by atoms with Crippen molar-refractivity contribution in [2.75, 3.05) is 5.32 Å². The molecule has 0 unspecified atom stereocenters. The lowest BCUT2D eigenvalue weighted by molar-refractivity contribution is -0.115. The third kappa shape index (κ3) is 7.03. The predicted octanol–water partition coefficient (Wildman–Crippen LogP) is 8.16. The molecule has 1 amide bonds. The number of carbonyl (C=O) groups is 1. The molecule has 2 heterocycles. The lowest BCUT2D eigenvalue weighted by Crippen LogP contribution is -2.33. The van der Waals surface area contributed by atoms with Gasteiger partial charge >= 0.3 is 0 Å². The first-order valence-corrected chi connectivity index (χ1v) is 14.3. The molecule has 0 radical (unpaired) electrons. The second kappa shape index (κ2) is 12.7. The van der Waals surface area contributed by atoms with Crippen LogP contribution in [0.2, 0.25) is 10.0 Å². The summed E-state index contributed by atoms with van der Waals surface area (Å²) in [7, 11) is 0. The molecular formula is C31H27Cl2N5O2S. The van der Waals surface area contributed by atoms with Crippen molar-refractivity contribution in [1.82, 2.24) is 20.3 Å². The number of unbranched alkanes of at least 4 members (excludes halogenated alkanes) is 1. The summed E-state index contributed by atoms with van der Waals surface area (Å²) in [6.07, 6.45) is 6.30. The Morgan fingerprint density at radius 3 is 2.51 bits per heavy atom. The molecule has 0 bridgehead atoms. The largest absolute Gasteiger partial charge is 0.457 e. The van der Waals surface area contributed by atoms with Crippen molar-refractivity contribution in [3.05, 3.63) is 99.7 Å². The number of carbonyl (C=O) groups excluding carboxylic acids is 1. The molecule has 0 aliphatic rings. The lowest BCUT2D eigenvalue weighted by Gasteiger charge is -2.10. The Morgan fingerprint density at radius 2 is 1.78 bits per heavy atom. The highest BCUT2D eigenvalue weighted by Crippen LogP contribution is 2.31. The van der Waals surface area contributed by atoms with Gasteiger partial charge in [0.1, 0.15) is 22.6 Å². The maximum atomic E-state index is 12.5. The van der Waals surface area contributed by atoms with Crippen LogP contribution in [0, 0.1) is 6.92 Å². The first-order chi connectivity index (χ1) is 19.8. The number of nitrogens with one attached hydrogen (secondary N) is 2. The minimum Gasteiger partial charge on any atom is -0.457 e. The van der Waals surface area contributed by atoms with Crippen molar-refractivity contribution in [3.63, 3.8) is 0 Å². The third-order valence-corrected chi connectivity index (χ3v) is 7.17. The summed E-state index contributed by atoms with van der Waals surface area (Å²) in [6.45, 7) is 4.13. The SMILES string of the molecule is CCCCc1ccc(-n2nc3cc(C)c(NC(=S)NC(=O)/C=C/c4ccc(-c5ccc(Cl)cc5Cl)o4)cc3n2)cc1. The van der Waals surface area contributed by atoms with Crippen molar-refractivity contribution in [3.8, 4) is 17.0 Å². The summed E-state index contributed by atoms with van der Waals surface area (Å²) < 4.78 is 5.80. The lowest BCUT2D eigenvalue weighted by atomic mass is 10.1. The van der Waals surface area contributed by atoms with Crippen LogP contribution >= 0.6 is 35.4 Å². The number of fused-ring (bicyclic) bond motifs is 1. The van der Waals surface area contributed by atoms with Crippen LogP contribution in [0.3, 0.4) is 0 Å². The molecular weight excluding hydrogens is 577 g/mol. The summed E-state index contributed by atoms with van der Waals surface area (Å²) in [6, 6.07) is 20.8. The molecule has 5 rings (SSSR count). The monoisotopic (exact) mass is 603 g/mol. The van der Waals surface area contributed by atoms with Crippen LogP contribution in [0.4, 0.5) is 5.69 Å². The van der Waals surface area contributed by atoms with E-state index < -0.39 is 5.91 Å². The second-order valence-electron chi connectivity index (χ2n) is 9.52. The smallest absolute Gasteiger partial charge is 0.250 e. The van der Waals surface area contributed by atoms with Gasteiger partial charge in [-0.3, -0.25) is 10.1 Å². The van der Waals surface area contributed by atoms with E-state index in [9.17, 15) is 4.79 Å². The van der Waals surface area contributed by atoms with Crippen molar-refractivity contribution < 1.29 is 9.21 Å². The van der Waals surface area contributed by atoms with Gasteiger partial charge in [-0.25, -0.2) is 0 Å². The Labute approximate surface area is 253 Å². The zero-order chi connectivity index (χ0) is 28.9. The molecule has 0 aliphatic carbocycles. The molecule has 2 N–H and O–H groups in total. The molecule has 7 nitrogen and oxygen atoms in total. The van der Waals surface area contributed by atoms with E-state index in [1.807, 2.05) is 31.2 Å². The number of hydrogen-bond acceptors (Lipinski definition) is 5. The molecule has 0 fully saturated rings. The van der Waals surface area contributed by atoms with Crippen LogP contribution in [-0.2, 0) is 11.2 Å². The van der Waals surface area contributed by atoms with E-state index in [4.69, 9.17) is 39.8 Å². The molecule has 10 heteroatoms. The van der Waals surface area contributed by atoms with Gasteiger partial charge in [0, 0.05) is 22.3 Å². The first-order valence-electron chi connectivity index (χ1n) is 13.1. The molecule has 0 aliphatic heterocycles. The van der Waals surface area contributed by atoms with E-state index in [0.29, 0.717) is 32.6 Å². The summed E-state index contributed by atoms with van der Waals surface area (Å²) in [5.74, 6) is 0.646. The summed E-state index contributed by atoms with van der Waals surface area (Å²) in [5, 5.41) is 16.2. The van der Waals surface area contributed by atoms with Crippen molar-refractivity contribution in [1.29, 1.82) is 0 Å². The van der Waals surface area contributed by atoms with Crippen LogP contribution in [0.1, 0.15) is 36.7 Å². The van der Waals surface area contributed by atoms with Gasteiger partial charge in [0.25, 0.3) is 0 Å². The van der Waals surface area contributed by atoms with E-state index in [0.717, 1.165) is 28.9 Å². The Hall–Kier alpha value is -3.98. The maximum Gasteiger partial charge on any atom is 0.250 e. The highest BCUT2D eigenvalue weighted by atomic mass is 35.5. The Kier molecular flexibility index (Phi) is 8.83. The fourth-order valence-corrected chi connectivity index (χ4v) is 4.95. The normalized spacial score (nSPS) is 11.3. The number of rotatable bonds is 8. The summed E-state index contributed by atoms with van der Waals surface area (Å²) >= 11 is 17.6. The number of nitrogens with zero attached hydrogens (tertiary/aromatic N) is 3. The zero-order valence-electron chi connectivity index (χ0n) is 22.4. The van der Waals surface area contributed by atoms with Crippen LogP contribution < -0.4 is 10.6 Å². The Balaban J connectivity index is 1.21. The van der Waals surface area contributed by atoms with Gasteiger partial charge < -0.3 is 9.73 Å². The molecule has 41 heavy (non-hydrogen) atoms. The molecule has 2 aromatic heterocycles. The highest BCUT2D eigenvalue weighted by molar-refractivity contribution is 7.80. The summed E-state index contributed by atoms with van der Waals surface area (Å²) in [4.78, 5) is 14.1. The third-order valence-electron chi connectivity index (χ3n) is 6.42. The van der Waals surface area contributed by atoms with Crippen LogP contribution in [-0.4, -0.2) is 26.0 Å². The van der Waals surface area contributed by atoms with Crippen molar-refractivity contribution >= 4 is 69.2 Å². The average Bonchev–Trinajstić information content (AvgIpc) is 3.58. The fourth-order valence-electron chi connectivity index (χ4n) is 4.24. The molecule has 5 aromatic rings. The second-order valence-corrected chi connectivity index (χ2v) is 10.8. The van der Waals surface area contributed by atoms with Gasteiger partial charge in [0.05, 0.1) is 10.7 Å². The van der Waals surface area contributed by atoms with Gasteiger partial charge in [-0.2, -0.15) is 4.80 Å². The molecule has 3 aromatic carbocycles. The number of anilines is 1. The number of hydrogen-bond donors (Lipinski definition) is 2. The molecule has 0 spiro atoms. The number of halogens is 2. The molecule has 0 saturated carbocycles. The highest BCUT2D eigenvalue weighted by Gasteiger charge is 2.12. The topological polar surface area (TPSA) is 85.0 Å². The van der Waals surface area contributed by atoms with Gasteiger partial charge in [0.2, 0.25) is 5.91 Å². The number of amides is 1. The predicted molar refractivity (Wildman–Crippen MR) is 170 cm³/mol. The van der Waals surface area contributed by atoms with Crippen LogP contribution in [0.5, 0.6) is 0 Å². The van der Waals surface area contributed by atoms with E-state index >= 15 is 0 Å². The van der Waals surface area contributed by atoms with Gasteiger partial charge in [0.15, 0.2) is 5.11 Å². The zero-order valence-corrected chi connectivity index (χ0v) is 24.8. The minimum absolute atomic E-state index is 0.158.